The number of esters is 1. The van der Waals surface area contributed by atoms with E-state index in [0.29, 0.717) is 12.2 Å². The van der Waals surface area contributed by atoms with Gasteiger partial charge in [-0.1, -0.05) is 48.9 Å². The van der Waals surface area contributed by atoms with E-state index in [2.05, 4.69) is 11.4 Å². The van der Waals surface area contributed by atoms with Crippen molar-refractivity contribution in [3.63, 3.8) is 0 Å². The fraction of sp³-hybridized carbons (Fsp3) is 0.550. The van der Waals surface area contributed by atoms with Crippen molar-refractivity contribution in [3.8, 4) is 0 Å². The third kappa shape index (κ3) is 6.16. The van der Waals surface area contributed by atoms with Crippen LogP contribution in [0.3, 0.4) is 0 Å². The van der Waals surface area contributed by atoms with E-state index >= 15 is 0 Å². The highest BCUT2D eigenvalue weighted by molar-refractivity contribution is 8.13. The van der Waals surface area contributed by atoms with Gasteiger partial charge in [0.2, 0.25) is 5.91 Å². The number of carbonyl (C=O) groups excluding carboxylic acids is 3. The van der Waals surface area contributed by atoms with Crippen LogP contribution >= 0.6 is 11.8 Å². The Bertz CT molecular complexity index is 646. The van der Waals surface area contributed by atoms with Crippen LogP contribution in [-0.2, 0) is 32.0 Å². The molecule has 0 saturated carbocycles. The lowest BCUT2D eigenvalue weighted by Gasteiger charge is -2.23. The zero-order chi connectivity index (χ0) is 18.9. The Labute approximate surface area is 159 Å². The summed E-state index contributed by atoms with van der Waals surface area (Å²) >= 11 is 1.17. The van der Waals surface area contributed by atoms with Gasteiger partial charge in [0, 0.05) is 25.0 Å². The van der Waals surface area contributed by atoms with E-state index in [9.17, 15) is 14.4 Å². The van der Waals surface area contributed by atoms with Crippen LogP contribution in [-0.4, -0.2) is 35.9 Å². The number of hydrogen-bond acceptors (Lipinski definition) is 5. The minimum absolute atomic E-state index is 0.00219. The van der Waals surface area contributed by atoms with Gasteiger partial charge in [-0.25, -0.2) is 4.79 Å². The summed E-state index contributed by atoms with van der Waals surface area (Å²) in [4.78, 5) is 36.2. The molecule has 5 nitrogen and oxygen atoms in total. The van der Waals surface area contributed by atoms with Gasteiger partial charge in [-0.2, -0.15) is 0 Å². The minimum atomic E-state index is -0.710. The summed E-state index contributed by atoms with van der Waals surface area (Å²) in [5.74, 6) is -0.438. The molecule has 26 heavy (non-hydrogen) atoms. The lowest BCUT2D eigenvalue weighted by atomic mass is 9.93. The first-order chi connectivity index (χ1) is 12.5. The number of rotatable bonds is 3. The van der Waals surface area contributed by atoms with Crippen LogP contribution < -0.4 is 5.32 Å². The number of thioether (sulfide) groups is 1. The number of nitrogens with one attached hydrogen (secondary N) is 1. The zero-order valence-electron chi connectivity index (χ0n) is 15.5. The molecule has 142 valence electrons. The molecule has 0 radical (unpaired) electrons. The topological polar surface area (TPSA) is 72.5 Å². The molecule has 2 atom stereocenters. The van der Waals surface area contributed by atoms with Crippen molar-refractivity contribution in [1.82, 2.24) is 5.32 Å². The van der Waals surface area contributed by atoms with Gasteiger partial charge in [0.05, 0.1) is 7.11 Å². The SMILES string of the molecule is COC(=O)[C@@H]1Cc2ccccc2CCCCC[C@@H](CSC(C)=O)C(=O)N1. The van der Waals surface area contributed by atoms with Crippen LogP contribution in [0.1, 0.15) is 43.7 Å². The maximum atomic E-state index is 12.7. The molecule has 6 heteroatoms. The highest BCUT2D eigenvalue weighted by Gasteiger charge is 2.27. The van der Waals surface area contributed by atoms with Crippen LogP contribution in [0.2, 0.25) is 0 Å². The summed E-state index contributed by atoms with van der Waals surface area (Å²) in [7, 11) is 1.33. The number of ether oxygens (including phenoxy) is 1. The van der Waals surface area contributed by atoms with Gasteiger partial charge in [0.1, 0.15) is 6.04 Å². The lowest BCUT2D eigenvalue weighted by molar-refractivity contribution is -0.145. The van der Waals surface area contributed by atoms with Crippen molar-refractivity contribution in [2.75, 3.05) is 12.9 Å². The van der Waals surface area contributed by atoms with Crippen LogP contribution in [0, 0.1) is 5.92 Å². The van der Waals surface area contributed by atoms with Gasteiger partial charge >= 0.3 is 5.97 Å². The standard InChI is InChI=1S/C20H27NO4S/c1-14(22)26-13-17-11-5-3-4-8-15-9-6-7-10-16(15)12-18(20(24)25-2)21-19(17)23/h6-7,9-10,17-18H,3-5,8,11-13H2,1-2H3,(H,21,23)/t17-,18-/m0/s1. The Balaban J connectivity index is 2.22. The van der Waals surface area contributed by atoms with E-state index in [1.807, 2.05) is 18.2 Å². The fourth-order valence-electron chi connectivity index (χ4n) is 3.24. The van der Waals surface area contributed by atoms with Crippen molar-refractivity contribution < 1.29 is 19.1 Å². The molecule has 0 aliphatic carbocycles. The highest BCUT2D eigenvalue weighted by Crippen LogP contribution is 2.21. The second-order valence-electron chi connectivity index (χ2n) is 6.66. The molecular weight excluding hydrogens is 350 g/mol. The van der Waals surface area contributed by atoms with Crippen molar-refractivity contribution in [1.29, 1.82) is 0 Å². The second kappa shape index (κ2) is 10.4. The maximum Gasteiger partial charge on any atom is 0.328 e. The predicted octanol–water partition coefficient (Wildman–Crippen LogP) is 2.90. The lowest BCUT2D eigenvalue weighted by Crippen LogP contribution is -2.46. The van der Waals surface area contributed by atoms with Gasteiger partial charge in [0.25, 0.3) is 0 Å². The van der Waals surface area contributed by atoms with Gasteiger partial charge in [-0.15, -0.1) is 0 Å². The van der Waals surface area contributed by atoms with Gasteiger partial charge in [-0.3, -0.25) is 9.59 Å². The van der Waals surface area contributed by atoms with E-state index < -0.39 is 12.0 Å². The van der Waals surface area contributed by atoms with Gasteiger partial charge in [-0.05, 0) is 30.4 Å². The molecule has 2 rings (SSSR count). The maximum absolute atomic E-state index is 12.7. The van der Waals surface area contributed by atoms with E-state index in [0.717, 1.165) is 37.7 Å². The molecular formula is C20H27NO4S. The number of benzene rings is 1. The van der Waals surface area contributed by atoms with Crippen molar-refractivity contribution in [2.24, 2.45) is 5.92 Å². The summed E-state index contributed by atoms with van der Waals surface area (Å²) in [5, 5.41) is 2.86. The number of carbonyl (C=O) groups is 3. The molecule has 1 amide bonds. The quantitative estimate of drug-likeness (QED) is 0.820. The average Bonchev–Trinajstić information content (AvgIpc) is 2.62. The average molecular weight is 378 g/mol. The molecule has 1 aliphatic rings. The number of aryl methyl sites for hydroxylation is 1. The van der Waals surface area contributed by atoms with Crippen LogP contribution in [0.15, 0.2) is 24.3 Å². The molecule has 1 N–H and O–H groups in total. The predicted molar refractivity (Wildman–Crippen MR) is 103 cm³/mol. The zero-order valence-corrected chi connectivity index (χ0v) is 16.3. The molecule has 1 aromatic carbocycles. The first kappa shape index (κ1) is 20.5. The number of fused-ring (bicyclic) bond motifs is 1. The monoisotopic (exact) mass is 377 g/mol. The first-order valence-electron chi connectivity index (χ1n) is 9.09. The number of methoxy groups -OCH3 is 1. The van der Waals surface area contributed by atoms with Crippen molar-refractivity contribution in [2.45, 2.75) is 51.5 Å². The van der Waals surface area contributed by atoms with Crippen LogP contribution in [0.25, 0.3) is 0 Å². The molecule has 0 aromatic heterocycles. The van der Waals surface area contributed by atoms with E-state index in [-0.39, 0.29) is 16.9 Å². The highest BCUT2D eigenvalue weighted by atomic mass is 32.2. The fourth-order valence-corrected chi connectivity index (χ4v) is 3.99. The number of hydrogen-bond donors (Lipinski definition) is 1. The van der Waals surface area contributed by atoms with Crippen LogP contribution in [0.4, 0.5) is 0 Å². The third-order valence-electron chi connectivity index (χ3n) is 4.70. The van der Waals surface area contributed by atoms with E-state index in [1.54, 1.807) is 0 Å². The summed E-state index contributed by atoms with van der Waals surface area (Å²) in [6.07, 6.45) is 5.13. The first-order valence-corrected chi connectivity index (χ1v) is 10.1. The van der Waals surface area contributed by atoms with E-state index in [4.69, 9.17) is 4.74 Å². The molecule has 0 saturated heterocycles. The molecule has 1 aliphatic heterocycles. The number of amides is 1. The largest absolute Gasteiger partial charge is 0.467 e. The second-order valence-corrected chi connectivity index (χ2v) is 7.85. The normalized spacial score (nSPS) is 21.5. The molecule has 0 spiro atoms. The Morgan fingerprint density at radius 1 is 1.19 bits per heavy atom. The molecule has 1 heterocycles. The molecule has 1 aromatic rings. The smallest absolute Gasteiger partial charge is 0.328 e. The molecule has 0 fully saturated rings. The van der Waals surface area contributed by atoms with Gasteiger partial charge < -0.3 is 10.1 Å². The van der Waals surface area contributed by atoms with Crippen molar-refractivity contribution in [3.05, 3.63) is 35.4 Å². The van der Waals surface area contributed by atoms with Gasteiger partial charge in [0.15, 0.2) is 5.12 Å². The Hall–Kier alpha value is -1.82. The Kier molecular flexibility index (Phi) is 8.16. The summed E-state index contributed by atoms with van der Waals surface area (Å²) in [6, 6.07) is 7.34. The third-order valence-corrected chi connectivity index (χ3v) is 5.68. The summed E-state index contributed by atoms with van der Waals surface area (Å²) in [6.45, 7) is 1.51. The minimum Gasteiger partial charge on any atom is -0.467 e. The molecule has 0 unspecified atom stereocenters. The molecule has 0 bridgehead atoms. The Morgan fingerprint density at radius 2 is 1.92 bits per heavy atom. The summed E-state index contributed by atoms with van der Waals surface area (Å²) < 4.78 is 4.90. The Morgan fingerprint density at radius 3 is 2.62 bits per heavy atom. The van der Waals surface area contributed by atoms with Crippen LogP contribution in [0.5, 0.6) is 0 Å². The van der Waals surface area contributed by atoms with Crippen molar-refractivity contribution >= 4 is 28.8 Å². The summed E-state index contributed by atoms with van der Waals surface area (Å²) in [5.41, 5.74) is 2.29. The van der Waals surface area contributed by atoms with E-state index in [1.165, 1.54) is 31.4 Å².